The molecule has 0 saturated heterocycles. The first-order chi connectivity index (χ1) is 10.2. The highest BCUT2D eigenvalue weighted by atomic mass is 16.7. The van der Waals surface area contributed by atoms with Gasteiger partial charge in [-0.1, -0.05) is 12.8 Å². The van der Waals surface area contributed by atoms with E-state index in [2.05, 4.69) is 0 Å². The molecule has 0 bridgehead atoms. The maximum absolute atomic E-state index is 11.6. The summed E-state index contributed by atoms with van der Waals surface area (Å²) in [5.41, 5.74) is -6.86. The van der Waals surface area contributed by atoms with Crippen LogP contribution in [0, 0.1) is 52.3 Å². The lowest BCUT2D eigenvalue weighted by atomic mass is 9.61. The second-order valence-corrected chi connectivity index (χ2v) is 5.76. The van der Waals surface area contributed by atoms with Crippen molar-refractivity contribution in [3.8, 4) is 0 Å². The summed E-state index contributed by atoms with van der Waals surface area (Å²) in [6.45, 7) is 0. The van der Waals surface area contributed by atoms with E-state index in [9.17, 15) is 40.5 Å². The normalized spacial score (nSPS) is 29.1. The van der Waals surface area contributed by atoms with Gasteiger partial charge >= 0.3 is 11.3 Å². The lowest BCUT2D eigenvalue weighted by Crippen LogP contribution is -2.77. The molecule has 2 fully saturated rings. The summed E-state index contributed by atoms with van der Waals surface area (Å²) in [7, 11) is 0. The van der Waals surface area contributed by atoms with Gasteiger partial charge in [0.15, 0.2) is 0 Å². The maximum Gasteiger partial charge on any atom is 0.596 e. The van der Waals surface area contributed by atoms with Crippen LogP contribution < -0.4 is 0 Å². The van der Waals surface area contributed by atoms with Gasteiger partial charge in [0.05, 0.1) is 0 Å². The van der Waals surface area contributed by atoms with Crippen LogP contribution in [0.1, 0.15) is 38.5 Å². The molecule has 0 heterocycles. The Kier molecular flexibility index (Phi) is 3.71. The number of nitrogens with zero attached hydrogens (tertiary/aromatic N) is 4. The molecule has 0 N–H and O–H groups in total. The Balaban J connectivity index is 2.77. The summed E-state index contributed by atoms with van der Waals surface area (Å²) in [5.74, 6) is -1.78. The molecule has 0 aromatic rings. The van der Waals surface area contributed by atoms with Crippen molar-refractivity contribution >= 4 is 0 Å². The standard InChI is InChI=1S/C10H14N4O8/c15-11(16)9(12(17)18)6-5-7-3-1-2-4-8(7)10(9,13(19)20)14(21)22/h7-8H,1-6H2. The van der Waals surface area contributed by atoms with E-state index in [-0.39, 0.29) is 12.8 Å². The molecule has 2 rings (SSSR count). The fourth-order valence-corrected chi connectivity index (χ4v) is 4.10. The number of rotatable bonds is 4. The van der Waals surface area contributed by atoms with Gasteiger partial charge in [-0.05, 0) is 25.2 Å². The molecule has 2 atom stereocenters. The number of hydrogen-bond donors (Lipinski definition) is 0. The summed E-state index contributed by atoms with van der Waals surface area (Å²) in [6, 6.07) is 0. The van der Waals surface area contributed by atoms with Gasteiger partial charge in [0, 0.05) is 0 Å². The van der Waals surface area contributed by atoms with Crippen LogP contribution in [0.15, 0.2) is 0 Å². The van der Waals surface area contributed by atoms with Crippen LogP contribution in [0.3, 0.4) is 0 Å². The van der Waals surface area contributed by atoms with Crippen molar-refractivity contribution in [2.45, 2.75) is 49.9 Å². The van der Waals surface area contributed by atoms with Gasteiger partial charge in [0.2, 0.25) is 0 Å². The molecular formula is C10H14N4O8. The fourth-order valence-electron chi connectivity index (χ4n) is 4.10. The average Bonchev–Trinajstić information content (AvgIpc) is 2.44. The minimum atomic E-state index is -3.43. The third kappa shape index (κ3) is 1.69. The lowest BCUT2D eigenvalue weighted by Gasteiger charge is -2.40. The average molecular weight is 318 g/mol. The molecule has 0 radical (unpaired) electrons. The first-order valence-corrected chi connectivity index (χ1v) is 6.81. The molecule has 2 aliphatic carbocycles. The van der Waals surface area contributed by atoms with Gasteiger partial charge in [-0.25, -0.2) is 0 Å². The molecule has 2 unspecified atom stereocenters. The van der Waals surface area contributed by atoms with Gasteiger partial charge < -0.3 is 0 Å². The van der Waals surface area contributed by atoms with E-state index in [1.807, 2.05) is 0 Å². The van der Waals surface area contributed by atoms with Crippen LogP contribution >= 0.6 is 0 Å². The van der Waals surface area contributed by atoms with E-state index in [1.54, 1.807) is 0 Å². The fraction of sp³-hybridized carbons (Fsp3) is 1.00. The molecular weight excluding hydrogens is 304 g/mol. The molecule has 0 aliphatic heterocycles. The van der Waals surface area contributed by atoms with Crippen molar-refractivity contribution in [3.05, 3.63) is 40.5 Å². The Bertz CT molecular complexity index is 521. The molecule has 0 aromatic heterocycles. The summed E-state index contributed by atoms with van der Waals surface area (Å²) >= 11 is 0. The predicted molar refractivity (Wildman–Crippen MR) is 68.1 cm³/mol. The Hall–Kier alpha value is -2.40. The molecule has 22 heavy (non-hydrogen) atoms. The second-order valence-electron chi connectivity index (χ2n) is 5.76. The second kappa shape index (κ2) is 5.10. The van der Waals surface area contributed by atoms with E-state index in [0.717, 1.165) is 0 Å². The first-order valence-electron chi connectivity index (χ1n) is 6.81. The maximum atomic E-state index is 11.6. The van der Waals surface area contributed by atoms with Gasteiger partial charge in [-0.2, -0.15) is 0 Å². The van der Waals surface area contributed by atoms with Crippen molar-refractivity contribution in [2.75, 3.05) is 0 Å². The van der Waals surface area contributed by atoms with Gasteiger partial charge in [0.1, 0.15) is 32.0 Å². The number of hydrogen-bond acceptors (Lipinski definition) is 8. The summed E-state index contributed by atoms with van der Waals surface area (Å²) in [4.78, 5) is 40.2. The van der Waals surface area contributed by atoms with E-state index < -0.39 is 49.3 Å². The van der Waals surface area contributed by atoms with Gasteiger partial charge in [0.25, 0.3) is 0 Å². The molecule has 122 valence electrons. The Morgan fingerprint density at radius 3 is 1.68 bits per heavy atom. The zero-order chi connectivity index (χ0) is 16.7. The molecule has 2 saturated carbocycles. The first kappa shape index (κ1) is 16.0. The third-order valence-corrected chi connectivity index (χ3v) is 5.04. The van der Waals surface area contributed by atoms with Crippen LogP contribution in [0.4, 0.5) is 0 Å². The molecule has 0 amide bonds. The van der Waals surface area contributed by atoms with Gasteiger partial charge in [-0.15, -0.1) is 0 Å². The predicted octanol–water partition coefficient (Wildman–Crippen LogP) is 1.09. The summed E-state index contributed by atoms with van der Waals surface area (Å²) in [6.07, 6.45) is 0.800. The van der Waals surface area contributed by atoms with Crippen molar-refractivity contribution in [1.82, 2.24) is 0 Å². The quantitative estimate of drug-likeness (QED) is 0.420. The number of fused-ring (bicyclic) bond motifs is 1. The largest absolute Gasteiger partial charge is 0.596 e. The van der Waals surface area contributed by atoms with Crippen LogP contribution in [0.5, 0.6) is 0 Å². The zero-order valence-corrected chi connectivity index (χ0v) is 11.5. The smallest absolute Gasteiger partial charge is 0.258 e. The highest BCUT2D eigenvalue weighted by Crippen LogP contribution is 2.53. The van der Waals surface area contributed by atoms with Crippen LogP contribution in [0.2, 0.25) is 0 Å². The van der Waals surface area contributed by atoms with Crippen LogP contribution in [0.25, 0.3) is 0 Å². The molecule has 0 spiro atoms. The Morgan fingerprint density at radius 1 is 0.727 bits per heavy atom. The number of nitro groups is 4. The van der Waals surface area contributed by atoms with Crippen molar-refractivity contribution < 1.29 is 19.7 Å². The Morgan fingerprint density at radius 2 is 1.23 bits per heavy atom. The zero-order valence-electron chi connectivity index (χ0n) is 11.5. The van der Waals surface area contributed by atoms with Crippen LogP contribution in [-0.4, -0.2) is 31.0 Å². The van der Waals surface area contributed by atoms with E-state index in [4.69, 9.17) is 0 Å². The molecule has 0 aromatic carbocycles. The Labute approximate surface area is 123 Å². The molecule has 2 aliphatic rings. The van der Waals surface area contributed by atoms with Crippen LogP contribution in [-0.2, 0) is 0 Å². The van der Waals surface area contributed by atoms with E-state index in [0.29, 0.717) is 19.3 Å². The van der Waals surface area contributed by atoms with Crippen molar-refractivity contribution in [1.29, 1.82) is 0 Å². The topological polar surface area (TPSA) is 173 Å². The minimum Gasteiger partial charge on any atom is -0.258 e. The summed E-state index contributed by atoms with van der Waals surface area (Å²) < 4.78 is 0. The minimum absolute atomic E-state index is 0.00998. The third-order valence-electron chi connectivity index (χ3n) is 5.04. The summed E-state index contributed by atoms with van der Waals surface area (Å²) in [5, 5.41) is 45.8. The molecule has 12 heteroatoms. The monoisotopic (exact) mass is 318 g/mol. The van der Waals surface area contributed by atoms with Crippen molar-refractivity contribution in [2.24, 2.45) is 11.8 Å². The SMILES string of the molecule is O=[N+]([O-])C1([N+](=O)[O-])CCC2CCCCC2C1([N+](=O)[O-])[N+](=O)[O-]. The van der Waals surface area contributed by atoms with Crippen molar-refractivity contribution in [3.63, 3.8) is 0 Å². The highest BCUT2D eigenvalue weighted by Gasteiger charge is 2.95. The van der Waals surface area contributed by atoms with E-state index in [1.165, 1.54) is 0 Å². The highest BCUT2D eigenvalue weighted by molar-refractivity contribution is 5.00. The lowest BCUT2D eigenvalue weighted by molar-refractivity contribution is -0.948. The van der Waals surface area contributed by atoms with Gasteiger partial charge in [-0.3, -0.25) is 40.5 Å². The van der Waals surface area contributed by atoms with E-state index >= 15 is 0 Å². The molecule has 12 nitrogen and oxygen atoms in total.